The van der Waals surface area contributed by atoms with Crippen LogP contribution in [0.4, 0.5) is 0 Å². The Morgan fingerprint density at radius 3 is 1.88 bits per heavy atom. The smallest absolute Gasteiger partial charge is 0.0295 e. The maximum absolute atomic E-state index is 2.48. The largest absolute Gasteiger partial charge is 0.0651 e. The Kier molecular flexibility index (Phi) is 5.54. The fourth-order valence-corrected chi connectivity index (χ4v) is 3.74. The molecule has 0 saturated heterocycles. The number of rotatable bonds is 3. The molecule has 3 rings (SSSR count). The summed E-state index contributed by atoms with van der Waals surface area (Å²) in [6, 6.07) is 0. The Balaban J connectivity index is 0.000000209. The van der Waals surface area contributed by atoms with Gasteiger partial charge in [-0.1, -0.05) is 60.8 Å². The highest BCUT2D eigenvalue weighted by Crippen LogP contribution is 2.61. The number of fused-ring (bicyclic) bond motifs is 2. The fraction of sp³-hybridized carbons (Fsp3) is 1.00. The molecule has 0 aromatic heterocycles. The lowest BCUT2D eigenvalue weighted by Gasteiger charge is -2.60. The van der Waals surface area contributed by atoms with Crippen LogP contribution in [0.3, 0.4) is 0 Å². The zero-order chi connectivity index (χ0) is 13.1. The zero-order valence-electron chi connectivity index (χ0n) is 13.1. The van der Waals surface area contributed by atoms with Gasteiger partial charge in [0.25, 0.3) is 0 Å². The number of hydrogen-bond acceptors (Lipinski definition) is 0. The molecule has 17 heavy (non-hydrogen) atoms. The molecule has 0 amide bonds. The van der Waals surface area contributed by atoms with E-state index in [0.29, 0.717) is 5.41 Å². The Morgan fingerprint density at radius 2 is 1.65 bits per heavy atom. The standard InChI is InChI=1S/C11H20.C6H14/c1-4-8-5-6-9-7-10(8)11(9,2)3;1-4-6(3)5-2/h8-10H,4-7H2,1-3H3;6H,4-5H2,1-3H3/t8-,9+,10+;/m1./s1. The summed E-state index contributed by atoms with van der Waals surface area (Å²) in [4.78, 5) is 0. The van der Waals surface area contributed by atoms with Crippen molar-refractivity contribution in [3.63, 3.8) is 0 Å². The van der Waals surface area contributed by atoms with Crippen LogP contribution in [0.1, 0.15) is 80.1 Å². The molecule has 3 saturated carbocycles. The molecule has 2 bridgehead atoms. The van der Waals surface area contributed by atoms with Crippen molar-refractivity contribution in [3.8, 4) is 0 Å². The summed E-state index contributed by atoms with van der Waals surface area (Å²) >= 11 is 0. The average Bonchev–Trinajstić information content (AvgIpc) is 2.38. The van der Waals surface area contributed by atoms with E-state index < -0.39 is 0 Å². The summed E-state index contributed by atoms with van der Waals surface area (Å²) in [5, 5.41) is 0. The van der Waals surface area contributed by atoms with E-state index in [1.54, 1.807) is 6.42 Å². The lowest BCUT2D eigenvalue weighted by Crippen LogP contribution is -2.52. The first-order chi connectivity index (χ1) is 7.97. The van der Waals surface area contributed by atoms with Gasteiger partial charge in [0, 0.05) is 0 Å². The van der Waals surface area contributed by atoms with Crippen molar-refractivity contribution in [1.29, 1.82) is 0 Å². The molecule has 0 aliphatic heterocycles. The van der Waals surface area contributed by atoms with E-state index in [9.17, 15) is 0 Å². The van der Waals surface area contributed by atoms with Crippen LogP contribution < -0.4 is 0 Å². The van der Waals surface area contributed by atoms with E-state index in [0.717, 1.165) is 23.7 Å². The molecule has 3 fully saturated rings. The van der Waals surface area contributed by atoms with Crippen LogP contribution in [0, 0.1) is 29.1 Å². The molecule has 0 heteroatoms. The molecule has 0 unspecified atom stereocenters. The molecule has 3 atom stereocenters. The second-order valence-electron chi connectivity index (χ2n) is 7.03. The summed E-state index contributed by atoms with van der Waals surface area (Å²) in [5.74, 6) is 4.15. The van der Waals surface area contributed by atoms with Gasteiger partial charge in [0.05, 0.1) is 0 Å². The predicted octanol–water partition coefficient (Wildman–Crippen LogP) is 5.91. The van der Waals surface area contributed by atoms with Gasteiger partial charge in [0.1, 0.15) is 0 Å². The van der Waals surface area contributed by atoms with Crippen LogP contribution in [0.2, 0.25) is 0 Å². The third-order valence-electron chi connectivity index (χ3n) is 5.92. The minimum atomic E-state index is 0.707. The van der Waals surface area contributed by atoms with Crippen molar-refractivity contribution in [2.24, 2.45) is 29.1 Å². The molecule has 102 valence electrons. The van der Waals surface area contributed by atoms with Crippen molar-refractivity contribution in [1.82, 2.24) is 0 Å². The van der Waals surface area contributed by atoms with Gasteiger partial charge in [0.2, 0.25) is 0 Å². The molecule has 0 heterocycles. The van der Waals surface area contributed by atoms with Crippen LogP contribution in [-0.2, 0) is 0 Å². The van der Waals surface area contributed by atoms with Crippen LogP contribution in [-0.4, -0.2) is 0 Å². The summed E-state index contributed by atoms with van der Waals surface area (Å²) < 4.78 is 0. The van der Waals surface area contributed by atoms with Gasteiger partial charge in [-0.3, -0.25) is 0 Å². The van der Waals surface area contributed by atoms with Crippen LogP contribution in [0.5, 0.6) is 0 Å². The van der Waals surface area contributed by atoms with Crippen molar-refractivity contribution in [2.75, 3.05) is 0 Å². The van der Waals surface area contributed by atoms with E-state index in [1.165, 1.54) is 32.1 Å². The Hall–Kier alpha value is 0. The van der Waals surface area contributed by atoms with Gasteiger partial charge in [0.15, 0.2) is 0 Å². The summed E-state index contributed by atoms with van der Waals surface area (Å²) in [7, 11) is 0. The van der Waals surface area contributed by atoms with Crippen molar-refractivity contribution in [3.05, 3.63) is 0 Å². The maximum atomic E-state index is 2.48. The monoisotopic (exact) mass is 238 g/mol. The van der Waals surface area contributed by atoms with Crippen molar-refractivity contribution >= 4 is 0 Å². The summed E-state index contributed by atoms with van der Waals surface area (Å²) in [6.45, 7) is 14.1. The van der Waals surface area contributed by atoms with Crippen LogP contribution in [0.25, 0.3) is 0 Å². The summed E-state index contributed by atoms with van der Waals surface area (Å²) in [6.07, 6.45) is 8.66. The molecule has 0 nitrogen and oxygen atoms in total. The molecule has 0 radical (unpaired) electrons. The van der Waals surface area contributed by atoms with E-state index in [-0.39, 0.29) is 0 Å². The molecule has 0 aromatic carbocycles. The lowest BCUT2D eigenvalue weighted by molar-refractivity contribution is -0.105. The molecule has 0 aromatic rings. The number of hydrogen-bond donors (Lipinski definition) is 0. The summed E-state index contributed by atoms with van der Waals surface area (Å²) in [5.41, 5.74) is 0.707. The average molecular weight is 238 g/mol. The molecular formula is C17H34. The first-order valence-electron chi connectivity index (χ1n) is 7.97. The van der Waals surface area contributed by atoms with Crippen LogP contribution in [0.15, 0.2) is 0 Å². The van der Waals surface area contributed by atoms with E-state index in [4.69, 9.17) is 0 Å². The molecule has 0 spiro atoms. The van der Waals surface area contributed by atoms with Gasteiger partial charge in [-0.2, -0.15) is 0 Å². The van der Waals surface area contributed by atoms with E-state index in [1.807, 2.05) is 0 Å². The lowest BCUT2D eigenvalue weighted by atomic mass is 9.45. The molecule has 0 N–H and O–H groups in total. The van der Waals surface area contributed by atoms with Crippen LogP contribution >= 0.6 is 0 Å². The third-order valence-corrected chi connectivity index (χ3v) is 5.92. The first kappa shape index (κ1) is 15.1. The van der Waals surface area contributed by atoms with Gasteiger partial charge >= 0.3 is 0 Å². The third kappa shape index (κ3) is 3.26. The Bertz CT molecular complexity index is 210. The highest BCUT2D eigenvalue weighted by Gasteiger charge is 2.53. The normalized spacial score (nSPS) is 33.7. The Morgan fingerprint density at radius 1 is 1.06 bits per heavy atom. The molecule has 3 aliphatic carbocycles. The fourth-order valence-electron chi connectivity index (χ4n) is 3.74. The Labute approximate surface area is 110 Å². The highest BCUT2D eigenvalue weighted by molar-refractivity contribution is 5.02. The topological polar surface area (TPSA) is 0 Å². The predicted molar refractivity (Wildman–Crippen MR) is 78.1 cm³/mol. The minimum Gasteiger partial charge on any atom is -0.0651 e. The van der Waals surface area contributed by atoms with Gasteiger partial charge < -0.3 is 0 Å². The van der Waals surface area contributed by atoms with Crippen molar-refractivity contribution < 1.29 is 0 Å². The molecular weight excluding hydrogens is 204 g/mol. The maximum Gasteiger partial charge on any atom is -0.0295 e. The van der Waals surface area contributed by atoms with Gasteiger partial charge in [-0.05, 0) is 48.3 Å². The second-order valence-corrected chi connectivity index (χ2v) is 7.03. The van der Waals surface area contributed by atoms with Gasteiger partial charge in [-0.25, -0.2) is 0 Å². The zero-order valence-corrected chi connectivity index (χ0v) is 13.1. The van der Waals surface area contributed by atoms with E-state index in [2.05, 4.69) is 41.5 Å². The second kappa shape index (κ2) is 6.25. The SMILES string of the molecule is CCC(C)CC.CC[C@@H]1CC[C@H]2C[C@@H]1C2(C)C. The molecule has 3 aliphatic rings. The first-order valence-corrected chi connectivity index (χ1v) is 7.97. The van der Waals surface area contributed by atoms with Crippen molar-refractivity contribution in [2.45, 2.75) is 80.1 Å². The quantitative estimate of drug-likeness (QED) is 0.573. The minimum absolute atomic E-state index is 0.707. The van der Waals surface area contributed by atoms with Gasteiger partial charge in [-0.15, -0.1) is 0 Å². The highest BCUT2D eigenvalue weighted by atomic mass is 14.6. The van der Waals surface area contributed by atoms with E-state index >= 15 is 0 Å².